The number of aliphatic hydroxyl groups is 3. The van der Waals surface area contributed by atoms with E-state index in [4.69, 9.17) is 14.2 Å². The minimum atomic E-state index is -1.14. The van der Waals surface area contributed by atoms with Gasteiger partial charge in [-0.15, -0.1) is 0 Å². The predicted octanol–water partition coefficient (Wildman–Crippen LogP) is 2.13. The summed E-state index contributed by atoms with van der Waals surface area (Å²) in [7, 11) is 3.05. The van der Waals surface area contributed by atoms with Crippen LogP contribution < -0.4 is 4.74 Å². The molecule has 1 aliphatic heterocycles. The van der Waals surface area contributed by atoms with Crippen LogP contribution in [0.4, 0.5) is 0 Å². The number of rotatable bonds is 9. The van der Waals surface area contributed by atoms with E-state index in [2.05, 4.69) is 4.99 Å². The maximum atomic E-state index is 10.5. The van der Waals surface area contributed by atoms with Crippen LogP contribution in [0.3, 0.4) is 0 Å². The fourth-order valence-electron chi connectivity index (χ4n) is 3.36. The lowest BCUT2D eigenvalue weighted by molar-refractivity contribution is -0.102. The quantitative estimate of drug-likeness (QED) is 0.567. The van der Waals surface area contributed by atoms with Gasteiger partial charge in [-0.3, -0.25) is 0 Å². The fourth-order valence-corrected chi connectivity index (χ4v) is 3.36. The summed E-state index contributed by atoms with van der Waals surface area (Å²) < 4.78 is 16.3. The maximum Gasteiger partial charge on any atom is 0.208 e. The standard InChI is InChI=1S/C23H33NO6/c1-14-12-18(17-7-9-21(29-5)24-11-10-17)6-8-19(14)30-16(3)23(27)22(26)15(2)20(13-25)28-4/h6-10,12,15-16,20,22-23,25-27H,11,13H2,1-5H3/t15-,16?,20-,22+,23-/m1/s1. The van der Waals surface area contributed by atoms with Crippen LogP contribution >= 0.6 is 0 Å². The van der Waals surface area contributed by atoms with Crippen molar-refractivity contribution in [3.63, 3.8) is 0 Å². The molecule has 2 rings (SSSR count). The smallest absolute Gasteiger partial charge is 0.208 e. The molecule has 1 unspecified atom stereocenters. The molecule has 0 amide bonds. The lowest BCUT2D eigenvalue weighted by Gasteiger charge is -2.32. The first-order valence-corrected chi connectivity index (χ1v) is 10.1. The molecule has 1 aliphatic rings. The normalized spacial score (nSPS) is 19.1. The Hall–Kier alpha value is -2.19. The Balaban J connectivity index is 2.08. The number of allylic oxidation sites excluding steroid dienone is 2. The number of benzene rings is 1. The van der Waals surface area contributed by atoms with E-state index in [0.29, 0.717) is 18.2 Å². The van der Waals surface area contributed by atoms with Crippen molar-refractivity contribution in [1.82, 2.24) is 0 Å². The Morgan fingerprint density at radius 3 is 2.43 bits per heavy atom. The Bertz CT molecular complexity index is 784. The second kappa shape index (κ2) is 11.3. The highest BCUT2D eigenvalue weighted by molar-refractivity contribution is 5.92. The topological polar surface area (TPSA) is 101 Å². The molecule has 7 nitrogen and oxygen atoms in total. The summed E-state index contributed by atoms with van der Waals surface area (Å²) in [4.78, 5) is 4.30. The zero-order valence-electron chi connectivity index (χ0n) is 18.3. The van der Waals surface area contributed by atoms with Crippen LogP contribution in [0.1, 0.15) is 25.0 Å². The number of aryl methyl sites for hydroxylation is 1. The zero-order chi connectivity index (χ0) is 22.3. The van der Waals surface area contributed by atoms with E-state index in [1.54, 1.807) is 21.0 Å². The van der Waals surface area contributed by atoms with Crippen molar-refractivity contribution in [3.05, 3.63) is 47.6 Å². The van der Waals surface area contributed by atoms with Crippen LogP contribution in [0.25, 0.3) is 5.57 Å². The molecule has 0 bridgehead atoms. The Morgan fingerprint density at radius 1 is 1.10 bits per heavy atom. The van der Waals surface area contributed by atoms with Crippen LogP contribution in [0.5, 0.6) is 5.75 Å². The van der Waals surface area contributed by atoms with E-state index in [0.717, 1.165) is 16.7 Å². The third kappa shape index (κ3) is 5.92. The lowest BCUT2D eigenvalue weighted by Crippen LogP contribution is -2.46. The average molecular weight is 420 g/mol. The third-order valence-corrected chi connectivity index (χ3v) is 5.43. The molecule has 166 valence electrons. The molecule has 0 saturated carbocycles. The van der Waals surface area contributed by atoms with Crippen molar-refractivity contribution in [3.8, 4) is 5.75 Å². The molecular weight excluding hydrogens is 386 g/mol. The summed E-state index contributed by atoms with van der Waals surface area (Å²) >= 11 is 0. The molecule has 0 saturated heterocycles. The molecule has 0 radical (unpaired) electrons. The van der Waals surface area contributed by atoms with Gasteiger partial charge in [-0.2, -0.15) is 0 Å². The summed E-state index contributed by atoms with van der Waals surface area (Å²) in [5.74, 6) is 0.755. The number of nitrogens with zero attached hydrogens (tertiary/aromatic N) is 1. The van der Waals surface area contributed by atoms with Crippen molar-refractivity contribution in [2.24, 2.45) is 10.9 Å². The second-order valence-electron chi connectivity index (χ2n) is 7.48. The average Bonchev–Trinajstić information content (AvgIpc) is 3.00. The summed E-state index contributed by atoms with van der Waals surface area (Å²) in [6.45, 7) is 5.66. The second-order valence-corrected chi connectivity index (χ2v) is 7.48. The van der Waals surface area contributed by atoms with E-state index < -0.39 is 30.3 Å². The molecule has 5 atom stereocenters. The van der Waals surface area contributed by atoms with Gasteiger partial charge in [0, 0.05) is 19.1 Å². The number of methoxy groups -OCH3 is 2. The van der Waals surface area contributed by atoms with Gasteiger partial charge in [-0.1, -0.05) is 19.1 Å². The summed E-state index contributed by atoms with van der Waals surface area (Å²) in [5, 5.41) is 30.3. The largest absolute Gasteiger partial charge is 0.488 e. The van der Waals surface area contributed by atoms with Crippen LogP contribution in [0.15, 0.2) is 41.4 Å². The first-order chi connectivity index (χ1) is 14.3. The van der Waals surface area contributed by atoms with Gasteiger partial charge in [0.05, 0.1) is 32.5 Å². The first kappa shape index (κ1) is 24.1. The third-order valence-electron chi connectivity index (χ3n) is 5.43. The predicted molar refractivity (Wildman–Crippen MR) is 117 cm³/mol. The first-order valence-electron chi connectivity index (χ1n) is 10.1. The minimum absolute atomic E-state index is 0.238. The molecule has 30 heavy (non-hydrogen) atoms. The molecule has 0 spiro atoms. The van der Waals surface area contributed by atoms with Gasteiger partial charge < -0.3 is 29.5 Å². The Kier molecular flexibility index (Phi) is 9.05. The molecule has 0 fully saturated rings. The minimum Gasteiger partial charge on any atom is -0.488 e. The van der Waals surface area contributed by atoms with E-state index in [-0.39, 0.29) is 6.61 Å². The van der Waals surface area contributed by atoms with Gasteiger partial charge in [-0.05, 0) is 48.8 Å². The van der Waals surface area contributed by atoms with Gasteiger partial charge in [0.15, 0.2) is 0 Å². The number of hydrogen-bond donors (Lipinski definition) is 3. The Morgan fingerprint density at radius 2 is 1.83 bits per heavy atom. The van der Waals surface area contributed by atoms with Crippen LogP contribution in [-0.2, 0) is 9.47 Å². The molecular formula is C23H33NO6. The lowest BCUT2D eigenvalue weighted by atomic mass is 9.92. The molecule has 3 N–H and O–H groups in total. The molecule has 0 aromatic heterocycles. The number of ether oxygens (including phenoxy) is 3. The number of aliphatic imine (C=N–C) groups is 1. The molecule has 1 heterocycles. The summed E-state index contributed by atoms with van der Waals surface area (Å²) in [6.07, 6.45) is 2.36. The van der Waals surface area contributed by atoms with Gasteiger partial charge >= 0.3 is 0 Å². The van der Waals surface area contributed by atoms with Crippen molar-refractivity contribution in [2.45, 2.75) is 45.2 Å². The highest BCUT2D eigenvalue weighted by atomic mass is 16.5. The highest BCUT2D eigenvalue weighted by Crippen LogP contribution is 2.27. The SMILES string of the molecule is COC1=NCC=C(c2ccc(OC(C)[C@@H](O)[C@@H](O)[C@H](C)[C@@H](CO)OC)c(C)c2)C=C1. The summed E-state index contributed by atoms with van der Waals surface area (Å²) in [6, 6.07) is 5.81. The highest BCUT2D eigenvalue weighted by Gasteiger charge is 2.33. The van der Waals surface area contributed by atoms with Crippen molar-refractivity contribution >= 4 is 11.5 Å². The van der Waals surface area contributed by atoms with Gasteiger partial charge in [0.2, 0.25) is 5.90 Å². The van der Waals surface area contributed by atoms with Gasteiger partial charge in [0.1, 0.15) is 18.0 Å². The summed E-state index contributed by atoms with van der Waals surface area (Å²) in [5.41, 5.74) is 2.97. The van der Waals surface area contributed by atoms with E-state index in [1.807, 2.05) is 43.4 Å². The zero-order valence-corrected chi connectivity index (χ0v) is 18.3. The molecule has 7 heteroatoms. The van der Waals surface area contributed by atoms with Gasteiger partial charge in [-0.25, -0.2) is 4.99 Å². The monoisotopic (exact) mass is 419 g/mol. The van der Waals surface area contributed by atoms with E-state index >= 15 is 0 Å². The van der Waals surface area contributed by atoms with E-state index in [1.165, 1.54) is 7.11 Å². The number of hydrogen-bond acceptors (Lipinski definition) is 7. The van der Waals surface area contributed by atoms with Crippen LogP contribution in [0.2, 0.25) is 0 Å². The molecule has 1 aromatic carbocycles. The van der Waals surface area contributed by atoms with Crippen molar-refractivity contribution < 1.29 is 29.5 Å². The number of aliphatic hydroxyl groups excluding tert-OH is 3. The van der Waals surface area contributed by atoms with E-state index in [9.17, 15) is 15.3 Å². The maximum absolute atomic E-state index is 10.5. The molecule has 1 aromatic rings. The fraction of sp³-hybridized carbons (Fsp3) is 0.522. The molecule has 0 aliphatic carbocycles. The van der Waals surface area contributed by atoms with Crippen LogP contribution in [0, 0.1) is 12.8 Å². The van der Waals surface area contributed by atoms with Crippen LogP contribution in [-0.4, -0.2) is 73.0 Å². The Labute approximate surface area is 178 Å². The van der Waals surface area contributed by atoms with Crippen molar-refractivity contribution in [1.29, 1.82) is 0 Å². The van der Waals surface area contributed by atoms with Gasteiger partial charge in [0.25, 0.3) is 0 Å². The van der Waals surface area contributed by atoms with Crippen molar-refractivity contribution in [2.75, 3.05) is 27.4 Å².